The van der Waals surface area contributed by atoms with Gasteiger partial charge in [-0.2, -0.15) is 4.98 Å². The second kappa shape index (κ2) is 9.51. The van der Waals surface area contributed by atoms with Gasteiger partial charge in [0.15, 0.2) is 5.65 Å². The molecule has 0 spiro atoms. The van der Waals surface area contributed by atoms with E-state index in [9.17, 15) is 4.79 Å². The molecule has 9 nitrogen and oxygen atoms in total. The fourth-order valence-corrected chi connectivity index (χ4v) is 3.43. The predicted molar refractivity (Wildman–Crippen MR) is 105 cm³/mol. The van der Waals surface area contributed by atoms with Crippen molar-refractivity contribution in [1.82, 2.24) is 19.5 Å². The average molecular weight is 425 g/mol. The summed E-state index contributed by atoms with van der Waals surface area (Å²) in [7, 11) is 0. The lowest BCUT2D eigenvalue weighted by atomic mass is 10.2. The smallest absolute Gasteiger partial charge is 0.343 e. The number of rotatable bonds is 9. The van der Waals surface area contributed by atoms with Gasteiger partial charge in [-0.05, 0) is 45.2 Å². The molecule has 0 amide bonds. The number of nitrogens with zero attached hydrogens (tertiary/aromatic N) is 4. The molecule has 1 fully saturated rings. The molecule has 3 rings (SSSR count). The monoisotopic (exact) mass is 424 g/mol. The molecule has 158 valence electrons. The SMILES string of the molecule is C=C(OCC)C(OC[C@@H]1CC[C@H](n2cnc3c(C)nc(Cl)nc32)O1)C(=O)OCC. The largest absolute Gasteiger partial charge is 0.495 e. The first kappa shape index (κ1) is 21.5. The number of halogens is 1. The zero-order chi connectivity index (χ0) is 21.0. The van der Waals surface area contributed by atoms with Crippen molar-refractivity contribution in [2.24, 2.45) is 0 Å². The minimum atomic E-state index is -0.985. The summed E-state index contributed by atoms with van der Waals surface area (Å²) < 4.78 is 24.1. The number of imidazole rings is 1. The van der Waals surface area contributed by atoms with Crippen LogP contribution in [0.5, 0.6) is 0 Å². The van der Waals surface area contributed by atoms with Crippen LogP contribution in [0, 0.1) is 6.92 Å². The normalized spacial score (nSPS) is 20.0. The molecule has 29 heavy (non-hydrogen) atoms. The summed E-state index contributed by atoms with van der Waals surface area (Å²) in [4.78, 5) is 24.9. The molecule has 0 saturated carbocycles. The van der Waals surface area contributed by atoms with Crippen molar-refractivity contribution < 1.29 is 23.7 Å². The molecule has 0 aliphatic carbocycles. The third-order valence-electron chi connectivity index (χ3n) is 4.54. The number of carbonyl (C=O) groups excluding carboxylic acids is 1. The van der Waals surface area contributed by atoms with Crippen LogP contribution in [0.2, 0.25) is 5.28 Å². The van der Waals surface area contributed by atoms with Crippen LogP contribution < -0.4 is 0 Å². The van der Waals surface area contributed by atoms with E-state index in [1.54, 1.807) is 13.3 Å². The van der Waals surface area contributed by atoms with Crippen molar-refractivity contribution in [3.63, 3.8) is 0 Å². The van der Waals surface area contributed by atoms with Crippen LogP contribution in [-0.4, -0.2) is 57.5 Å². The molecular weight excluding hydrogens is 400 g/mol. The molecule has 2 aromatic rings. The number of esters is 1. The third kappa shape index (κ3) is 4.85. The molecule has 0 radical (unpaired) electrons. The van der Waals surface area contributed by atoms with Gasteiger partial charge in [0.05, 0.1) is 37.9 Å². The maximum absolute atomic E-state index is 12.2. The van der Waals surface area contributed by atoms with Crippen LogP contribution in [-0.2, 0) is 23.7 Å². The average Bonchev–Trinajstić information content (AvgIpc) is 3.29. The van der Waals surface area contributed by atoms with Crippen molar-refractivity contribution >= 4 is 28.7 Å². The second-order valence-corrected chi connectivity index (χ2v) is 6.90. The van der Waals surface area contributed by atoms with Crippen molar-refractivity contribution in [2.45, 2.75) is 52.0 Å². The molecule has 1 aliphatic heterocycles. The van der Waals surface area contributed by atoms with Crippen molar-refractivity contribution in [3.05, 3.63) is 29.6 Å². The number of hydrogen-bond acceptors (Lipinski definition) is 8. The first-order valence-corrected chi connectivity index (χ1v) is 9.94. The molecule has 3 heterocycles. The van der Waals surface area contributed by atoms with Gasteiger partial charge < -0.3 is 18.9 Å². The third-order valence-corrected chi connectivity index (χ3v) is 4.70. The summed E-state index contributed by atoms with van der Waals surface area (Å²) in [5.41, 5.74) is 2.03. The molecule has 3 atom stereocenters. The van der Waals surface area contributed by atoms with Crippen LogP contribution in [0.1, 0.15) is 38.6 Å². The van der Waals surface area contributed by atoms with Gasteiger partial charge >= 0.3 is 5.97 Å². The lowest BCUT2D eigenvalue weighted by molar-refractivity contribution is -0.159. The maximum Gasteiger partial charge on any atom is 0.343 e. The Hall–Kier alpha value is -2.23. The lowest BCUT2D eigenvalue weighted by Crippen LogP contribution is -2.32. The van der Waals surface area contributed by atoms with Crippen molar-refractivity contribution in [2.75, 3.05) is 19.8 Å². The van der Waals surface area contributed by atoms with Crippen molar-refractivity contribution in [3.8, 4) is 0 Å². The van der Waals surface area contributed by atoms with Crippen LogP contribution in [0.15, 0.2) is 18.7 Å². The van der Waals surface area contributed by atoms with Crippen LogP contribution >= 0.6 is 11.6 Å². The Morgan fingerprint density at radius 3 is 2.83 bits per heavy atom. The topological polar surface area (TPSA) is 97.6 Å². The minimum Gasteiger partial charge on any atom is -0.495 e. The van der Waals surface area contributed by atoms with Crippen LogP contribution in [0.25, 0.3) is 11.2 Å². The van der Waals surface area contributed by atoms with E-state index in [2.05, 4.69) is 21.5 Å². The van der Waals surface area contributed by atoms with E-state index in [1.165, 1.54) is 0 Å². The first-order chi connectivity index (χ1) is 13.9. The Kier molecular flexibility index (Phi) is 7.05. The Labute approximate surface area is 174 Å². The van der Waals surface area contributed by atoms with Gasteiger partial charge in [-0.1, -0.05) is 6.58 Å². The second-order valence-electron chi connectivity index (χ2n) is 6.56. The maximum atomic E-state index is 12.2. The zero-order valence-electron chi connectivity index (χ0n) is 16.8. The number of carbonyl (C=O) groups is 1. The quantitative estimate of drug-likeness (QED) is 0.344. The summed E-state index contributed by atoms with van der Waals surface area (Å²) in [6, 6.07) is 0. The zero-order valence-corrected chi connectivity index (χ0v) is 17.5. The van der Waals surface area contributed by atoms with E-state index in [1.807, 2.05) is 18.4 Å². The van der Waals surface area contributed by atoms with Gasteiger partial charge in [-0.15, -0.1) is 0 Å². The molecule has 0 N–H and O–H groups in total. The van der Waals surface area contributed by atoms with E-state index in [0.29, 0.717) is 23.5 Å². The Morgan fingerprint density at radius 1 is 1.34 bits per heavy atom. The minimum absolute atomic E-state index is 0.168. The molecule has 1 unspecified atom stereocenters. The number of fused-ring (bicyclic) bond motifs is 1. The van der Waals surface area contributed by atoms with Crippen LogP contribution in [0.3, 0.4) is 0 Å². The number of aryl methyl sites for hydroxylation is 1. The number of ether oxygens (including phenoxy) is 4. The molecule has 2 aromatic heterocycles. The highest BCUT2D eigenvalue weighted by Crippen LogP contribution is 2.31. The fourth-order valence-electron chi connectivity index (χ4n) is 3.22. The van der Waals surface area contributed by atoms with Gasteiger partial charge in [0.2, 0.25) is 11.4 Å². The molecule has 10 heteroatoms. The Morgan fingerprint density at radius 2 is 2.10 bits per heavy atom. The van der Waals surface area contributed by atoms with Gasteiger partial charge in [0.1, 0.15) is 17.5 Å². The Balaban J connectivity index is 1.65. The van der Waals surface area contributed by atoms with E-state index < -0.39 is 12.1 Å². The van der Waals surface area contributed by atoms with E-state index >= 15 is 0 Å². The highest BCUT2D eigenvalue weighted by atomic mass is 35.5. The first-order valence-electron chi connectivity index (χ1n) is 9.56. The van der Waals surface area contributed by atoms with Gasteiger partial charge in [0, 0.05) is 0 Å². The van der Waals surface area contributed by atoms with E-state index in [4.69, 9.17) is 30.5 Å². The van der Waals surface area contributed by atoms with Gasteiger partial charge in [-0.3, -0.25) is 4.57 Å². The summed E-state index contributed by atoms with van der Waals surface area (Å²) in [6.07, 6.45) is 1.72. The Bertz CT molecular complexity index is 869. The molecule has 1 saturated heterocycles. The molecule has 1 aliphatic rings. The van der Waals surface area contributed by atoms with Crippen molar-refractivity contribution in [1.29, 1.82) is 0 Å². The van der Waals surface area contributed by atoms with Crippen LogP contribution in [0.4, 0.5) is 0 Å². The number of aromatic nitrogens is 4. The van der Waals surface area contributed by atoms with E-state index in [-0.39, 0.29) is 36.6 Å². The standard InChI is InChI=1S/C19H25ClN4O5/c1-5-26-12(4)16(18(25)27-6-2)28-9-13-7-8-14(29-13)24-10-21-15-11(3)22-19(20)23-17(15)24/h10,13-14,16H,4-9H2,1-3H3/t13-,14+,16?/m0/s1. The molecule has 0 bridgehead atoms. The number of hydrogen-bond donors (Lipinski definition) is 0. The van der Waals surface area contributed by atoms with E-state index in [0.717, 1.165) is 12.8 Å². The van der Waals surface area contributed by atoms with Gasteiger partial charge in [-0.25, -0.2) is 14.8 Å². The summed E-state index contributed by atoms with van der Waals surface area (Å²) in [5.74, 6) is -0.300. The summed E-state index contributed by atoms with van der Waals surface area (Å²) >= 11 is 6.00. The fraction of sp³-hybridized carbons (Fsp3) is 0.579. The van der Waals surface area contributed by atoms with Gasteiger partial charge in [0.25, 0.3) is 0 Å². The summed E-state index contributed by atoms with van der Waals surface area (Å²) in [6.45, 7) is 9.98. The lowest BCUT2D eigenvalue weighted by Gasteiger charge is -2.21. The molecule has 0 aromatic carbocycles. The summed E-state index contributed by atoms with van der Waals surface area (Å²) in [5, 5.41) is 0.168. The molecular formula is C19H25ClN4O5. The highest BCUT2D eigenvalue weighted by molar-refractivity contribution is 6.28. The highest BCUT2D eigenvalue weighted by Gasteiger charge is 2.32. The predicted octanol–water partition coefficient (Wildman–Crippen LogP) is 2.96.